The number of carboxylic acids is 1. The first-order valence-corrected chi connectivity index (χ1v) is 5.98. The van der Waals surface area contributed by atoms with Crippen molar-refractivity contribution in [2.24, 2.45) is 5.11 Å². The van der Waals surface area contributed by atoms with Crippen LogP contribution >= 0.6 is 27.3 Å². The van der Waals surface area contributed by atoms with Crippen molar-refractivity contribution in [3.8, 4) is 0 Å². The number of rotatable bonds is 6. The van der Waals surface area contributed by atoms with Crippen molar-refractivity contribution in [2.45, 2.75) is 6.04 Å². The normalized spacial score (nSPS) is 11.8. The summed E-state index contributed by atoms with van der Waals surface area (Å²) in [6.45, 7) is 0.559. The molecule has 86 valence electrons. The van der Waals surface area contributed by atoms with Crippen molar-refractivity contribution >= 4 is 33.2 Å². The van der Waals surface area contributed by atoms with E-state index in [0.717, 1.165) is 3.79 Å². The van der Waals surface area contributed by atoms with Gasteiger partial charge in [0, 0.05) is 22.9 Å². The number of aliphatic carboxylic acids is 1. The molecule has 0 aliphatic carbocycles. The van der Waals surface area contributed by atoms with Gasteiger partial charge >= 0.3 is 5.97 Å². The van der Waals surface area contributed by atoms with Gasteiger partial charge in [-0.1, -0.05) is 5.11 Å². The number of azide groups is 1. The van der Waals surface area contributed by atoms with Crippen molar-refractivity contribution in [3.05, 3.63) is 31.2 Å². The summed E-state index contributed by atoms with van der Waals surface area (Å²) in [6.07, 6.45) is 0. The molecule has 0 fully saturated rings. The Morgan fingerprint density at radius 2 is 2.50 bits per heavy atom. The zero-order valence-corrected chi connectivity index (χ0v) is 10.5. The van der Waals surface area contributed by atoms with Gasteiger partial charge in [-0.05, 0) is 33.6 Å². The van der Waals surface area contributed by atoms with Crippen LogP contribution in [0, 0.1) is 0 Å². The predicted molar refractivity (Wildman–Crippen MR) is 64.4 cm³/mol. The molecule has 1 aromatic heterocycles. The Hall–Kier alpha value is -1.08. The molecule has 0 aliphatic rings. The second kappa shape index (κ2) is 6.49. The minimum Gasteiger partial charge on any atom is -0.480 e. The summed E-state index contributed by atoms with van der Waals surface area (Å²) >= 11 is 4.63. The average Bonchev–Trinajstić information content (AvgIpc) is 2.64. The molecule has 0 saturated heterocycles. The van der Waals surface area contributed by atoms with Crippen molar-refractivity contribution in [1.29, 1.82) is 0 Å². The maximum absolute atomic E-state index is 11.0. The Labute approximate surface area is 104 Å². The zero-order valence-electron chi connectivity index (χ0n) is 8.13. The highest BCUT2D eigenvalue weighted by Crippen LogP contribution is 2.27. The fourth-order valence-electron chi connectivity index (χ4n) is 1.10. The third-order valence-corrected chi connectivity index (χ3v) is 3.44. The van der Waals surface area contributed by atoms with Gasteiger partial charge in [0.1, 0.15) is 6.04 Å². The summed E-state index contributed by atoms with van der Waals surface area (Å²) in [5.41, 5.74) is 8.07. The average molecular weight is 305 g/mol. The fourth-order valence-corrected chi connectivity index (χ4v) is 2.59. The Bertz CT molecular complexity index is 416. The van der Waals surface area contributed by atoms with Crippen molar-refractivity contribution in [3.63, 3.8) is 0 Å². The largest absolute Gasteiger partial charge is 0.480 e. The standard InChI is InChI=1S/C8H9BrN4O2S/c9-6-2-1-5(16-6)7(8(14)15)11-3-4-12-13-10/h1-2,7,11H,3-4H2,(H,14,15). The Morgan fingerprint density at radius 1 is 1.75 bits per heavy atom. The van der Waals surface area contributed by atoms with E-state index in [1.54, 1.807) is 12.1 Å². The molecule has 0 aromatic carbocycles. The van der Waals surface area contributed by atoms with Crippen LogP contribution in [0.4, 0.5) is 0 Å². The van der Waals surface area contributed by atoms with Crippen LogP contribution in [0.3, 0.4) is 0 Å². The quantitative estimate of drug-likeness (QED) is 0.365. The Morgan fingerprint density at radius 3 is 3.00 bits per heavy atom. The van der Waals surface area contributed by atoms with Gasteiger partial charge in [0.15, 0.2) is 0 Å². The molecule has 0 bridgehead atoms. The lowest BCUT2D eigenvalue weighted by atomic mass is 10.2. The van der Waals surface area contributed by atoms with Crippen LogP contribution in [0.15, 0.2) is 21.0 Å². The van der Waals surface area contributed by atoms with Gasteiger partial charge in [-0.15, -0.1) is 11.3 Å². The van der Waals surface area contributed by atoms with Crippen LogP contribution in [-0.4, -0.2) is 24.2 Å². The Kier molecular flexibility index (Phi) is 5.27. The van der Waals surface area contributed by atoms with E-state index in [9.17, 15) is 4.79 Å². The second-order valence-corrected chi connectivity index (χ2v) is 5.32. The van der Waals surface area contributed by atoms with Gasteiger partial charge in [0.25, 0.3) is 0 Å². The van der Waals surface area contributed by atoms with Crippen LogP contribution in [0.25, 0.3) is 10.4 Å². The number of hydrogen-bond donors (Lipinski definition) is 2. The number of halogens is 1. The molecule has 0 saturated carbocycles. The summed E-state index contributed by atoms with van der Waals surface area (Å²) < 4.78 is 0.880. The minimum absolute atomic E-state index is 0.229. The summed E-state index contributed by atoms with van der Waals surface area (Å²) in [5.74, 6) is -0.949. The third-order valence-electron chi connectivity index (χ3n) is 1.75. The summed E-state index contributed by atoms with van der Waals surface area (Å²) in [7, 11) is 0. The highest BCUT2D eigenvalue weighted by Gasteiger charge is 2.20. The van der Waals surface area contributed by atoms with Gasteiger partial charge in [0.05, 0.1) is 3.79 Å². The lowest BCUT2D eigenvalue weighted by molar-refractivity contribution is -0.139. The van der Waals surface area contributed by atoms with Crippen LogP contribution in [-0.2, 0) is 4.79 Å². The Balaban J connectivity index is 2.61. The molecule has 1 rings (SSSR count). The maximum atomic E-state index is 11.0. The van der Waals surface area contributed by atoms with Crippen LogP contribution in [0.2, 0.25) is 0 Å². The van der Waals surface area contributed by atoms with Gasteiger partial charge in [0.2, 0.25) is 0 Å². The maximum Gasteiger partial charge on any atom is 0.326 e. The SMILES string of the molecule is [N-]=[N+]=NCCNC(C(=O)O)c1ccc(Br)s1. The van der Waals surface area contributed by atoms with E-state index in [0.29, 0.717) is 11.4 Å². The second-order valence-electron chi connectivity index (χ2n) is 2.82. The van der Waals surface area contributed by atoms with Gasteiger partial charge < -0.3 is 5.11 Å². The first kappa shape index (κ1) is 13.0. The molecule has 8 heteroatoms. The van der Waals surface area contributed by atoms with E-state index >= 15 is 0 Å². The van der Waals surface area contributed by atoms with E-state index in [4.69, 9.17) is 10.6 Å². The molecule has 6 nitrogen and oxygen atoms in total. The summed E-state index contributed by atoms with van der Waals surface area (Å²) in [6, 6.07) is 2.78. The molecule has 1 unspecified atom stereocenters. The predicted octanol–water partition coefficient (Wildman–Crippen LogP) is 2.54. The van der Waals surface area contributed by atoms with Crippen LogP contribution < -0.4 is 5.32 Å². The molecular formula is C8H9BrN4O2S. The lowest BCUT2D eigenvalue weighted by Crippen LogP contribution is -2.29. The van der Waals surface area contributed by atoms with Crippen LogP contribution in [0.1, 0.15) is 10.9 Å². The number of carbonyl (C=O) groups is 1. The number of nitrogens with zero attached hydrogens (tertiary/aromatic N) is 3. The smallest absolute Gasteiger partial charge is 0.326 e. The van der Waals surface area contributed by atoms with Crippen LogP contribution in [0.5, 0.6) is 0 Å². The number of nitrogens with one attached hydrogen (secondary N) is 1. The minimum atomic E-state index is -0.949. The number of hydrogen-bond acceptors (Lipinski definition) is 4. The molecular weight excluding hydrogens is 296 g/mol. The lowest BCUT2D eigenvalue weighted by Gasteiger charge is -2.11. The summed E-state index contributed by atoms with van der Waals surface area (Å²) in [4.78, 5) is 14.3. The topological polar surface area (TPSA) is 98.1 Å². The molecule has 1 atom stereocenters. The molecule has 0 amide bonds. The number of carboxylic acid groups (broad SMARTS) is 1. The van der Waals surface area contributed by atoms with Gasteiger partial charge in [-0.2, -0.15) is 0 Å². The first-order chi connectivity index (χ1) is 7.65. The summed E-state index contributed by atoms with van der Waals surface area (Å²) in [5, 5.41) is 15.1. The van der Waals surface area contributed by atoms with E-state index in [1.807, 2.05) is 0 Å². The van der Waals surface area contributed by atoms with E-state index in [-0.39, 0.29) is 6.54 Å². The molecule has 0 spiro atoms. The van der Waals surface area contributed by atoms with Gasteiger partial charge in [-0.3, -0.25) is 10.1 Å². The van der Waals surface area contributed by atoms with Crippen molar-refractivity contribution in [1.82, 2.24) is 5.32 Å². The molecule has 0 radical (unpaired) electrons. The number of thiophene rings is 1. The van der Waals surface area contributed by atoms with E-state index < -0.39 is 12.0 Å². The highest BCUT2D eigenvalue weighted by molar-refractivity contribution is 9.11. The van der Waals surface area contributed by atoms with E-state index in [2.05, 4.69) is 31.3 Å². The molecule has 16 heavy (non-hydrogen) atoms. The fraction of sp³-hybridized carbons (Fsp3) is 0.375. The highest BCUT2D eigenvalue weighted by atomic mass is 79.9. The zero-order chi connectivity index (χ0) is 12.0. The molecule has 1 heterocycles. The van der Waals surface area contributed by atoms with E-state index in [1.165, 1.54) is 11.3 Å². The molecule has 2 N–H and O–H groups in total. The monoisotopic (exact) mass is 304 g/mol. The first-order valence-electron chi connectivity index (χ1n) is 4.37. The van der Waals surface area contributed by atoms with Crippen molar-refractivity contribution < 1.29 is 9.90 Å². The van der Waals surface area contributed by atoms with Gasteiger partial charge in [-0.25, -0.2) is 0 Å². The third kappa shape index (κ3) is 3.82. The molecule has 0 aliphatic heterocycles. The van der Waals surface area contributed by atoms with Crippen molar-refractivity contribution in [2.75, 3.05) is 13.1 Å². The molecule has 1 aromatic rings.